The Kier molecular flexibility index (Phi) is 6.32. The maximum atomic E-state index is 12.7. The lowest BCUT2D eigenvalue weighted by molar-refractivity contribution is 0.102. The van der Waals surface area contributed by atoms with Gasteiger partial charge >= 0.3 is 0 Å². The molecule has 0 saturated carbocycles. The van der Waals surface area contributed by atoms with E-state index in [0.29, 0.717) is 10.6 Å². The lowest BCUT2D eigenvalue weighted by Gasteiger charge is -2.23. The van der Waals surface area contributed by atoms with Gasteiger partial charge in [0.1, 0.15) is 5.75 Å². The van der Waals surface area contributed by atoms with Gasteiger partial charge in [0, 0.05) is 33.8 Å². The minimum Gasteiger partial charge on any atom is -0.506 e. The number of phenols is 1. The number of fused-ring (bicyclic) bond motifs is 1. The molecule has 3 aromatic carbocycles. The van der Waals surface area contributed by atoms with E-state index in [1.807, 2.05) is 48.5 Å². The number of nitrogens with zero attached hydrogens (tertiary/aromatic N) is 1. The average molecular weight is 533 g/mol. The van der Waals surface area contributed by atoms with Gasteiger partial charge in [-0.25, -0.2) is 0 Å². The zero-order valence-corrected chi connectivity index (χ0v) is 19.4. The number of nitrogens with one attached hydrogen (secondary N) is 1. The second-order valence-electron chi connectivity index (χ2n) is 7.66. The highest BCUT2D eigenvalue weighted by Crippen LogP contribution is 2.37. The second-order valence-corrected chi connectivity index (χ2v) is 9.31. The van der Waals surface area contributed by atoms with Gasteiger partial charge in [-0.15, -0.1) is 0 Å². The maximum absolute atomic E-state index is 12.7. The Morgan fingerprint density at radius 3 is 2.77 bits per heavy atom. The van der Waals surface area contributed by atoms with Crippen LogP contribution in [0.5, 0.6) is 5.75 Å². The summed E-state index contributed by atoms with van der Waals surface area (Å²) in [6.07, 6.45) is 0.880. The van der Waals surface area contributed by atoms with Crippen molar-refractivity contribution < 1.29 is 9.90 Å². The number of benzene rings is 3. The zero-order valence-electron chi connectivity index (χ0n) is 16.5. The summed E-state index contributed by atoms with van der Waals surface area (Å²) in [5.41, 5.74) is 4.71. The Hall–Kier alpha value is -2.09. The van der Waals surface area contributed by atoms with E-state index < -0.39 is 0 Å². The number of hydrogen-bond donors (Lipinski definition) is 2. The number of carbonyl (C=O) groups excluding carboxylic acids is 1. The fraction of sp³-hybridized carbons (Fsp3) is 0.208. The molecule has 0 fully saturated rings. The summed E-state index contributed by atoms with van der Waals surface area (Å²) < 4.78 is 1.02. The Bertz CT molecular complexity index is 1100. The number of amides is 1. The first-order chi connectivity index (χ1) is 14.4. The van der Waals surface area contributed by atoms with E-state index in [1.54, 1.807) is 6.07 Å². The fourth-order valence-electron chi connectivity index (χ4n) is 3.92. The van der Waals surface area contributed by atoms with Crippen LogP contribution in [0.1, 0.15) is 33.0 Å². The largest absolute Gasteiger partial charge is 0.506 e. The number of aromatic hydroxyl groups is 1. The predicted molar refractivity (Wildman–Crippen MR) is 130 cm³/mol. The molecule has 4 rings (SSSR count). The third-order valence-corrected chi connectivity index (χ3v) is 6.45. The minimum atomic E-state index is -0.131. The van der Waals surface area contributed by atoms with E-state index in [9.17, 15) is 9.90 Å². The van der Waals surface area contributed by atoms with Crippen LogP contribution in [-0.4, -0.2) is 36.1 Å². The van der Waals surface area contributed by atoms with Gasteiger partial charge in [-0.1, -0.05) is 29.8 Å². The molecular weight excluding hydrogens is 511 g/mol. The first-order valence-corrected chi connectivity index (χ1v) is 11.2. The summed E-state index contributed by atoms with van der Waals surface area (Å²) in [4.78, 5) is 15.0. The van der Waals surface area contributed by atoms with Crippen LogP contribution in [0, 0.1) is 3.57 Å². The number of carbonyl (C=O) groups is 1. The van der Waals surface area contributed by atoms with Gasteiger partial charge in [0.05, 0.1) is 5.02 Å². The van der Waals surface area contributed by atoms with Gasteiger partial charge in [-0.2, -0.15) is 0 Å². The van der Waals surface area contributed by atoms with Gasteiger partial charge in [0.2, 0.25) is 0 Å². The van der Waals surface area contributed by atoms with Crippen LogP contribution in [0.3, 0.4) is 0 Å². The van der Waals surface area contributed by atoms with Crippen molar-refractivity contribution in [2.75, 3.05) is 25.5 Å². The van der Waals surface area contributed by atoms with Crippen LogP contribution in [0.4, 0.5) is 5.69 Å². The number of likely N-dealkylation sites (N-methyl/N-ethyl adjacent to an activating group) is 1. The summed E-state index contributed by atoms with van der Waals surface area (Å²) in [6.45, 7) is 1.75. The Balaban J connectivity index is 1.66. The van der Waals surface area contributed by atoms with Gasteiger partial charge in [0.15, 0.2) is 0 Å². The van der Waals surface area contributed by atoms with E-state index in [4.69, 9.17) is 11.6 Å². The average Bonchev–Trinajstić information content (AvgIpc) is 2.88. The molecule has 1 aliphatic rings. The monoisotopic (exact) mass is 532 g/mol. The molecule has 0 saturated heterocycles. The van der Waals surface area contributed by atoms with E-state index in [0.717, 1.165) is 45.5 Å². The molecule has 1 atom stereocenters. The number of halogens is 2. The number of hydrogen-bond acceptors (Lipinski definition) is 3. The van der Waals surface area contributed by atoms with Crippen molar-refractivity contribution in [2.24, 2.45) is 0 Å². The quantitative estimate of drug-likeness (QED) is 0.437. The van der Waals surface area contributed by atoms with Gasteiger partial charge < -0.3 is 15.3 Å². The molecule has 1 aliphatic heterocycles. The van der Waals surface area contributed by atoms with Crippen LogP contribution in [0.15, 0.2) is 60.7 Å². The predicted octanol–water partition coefficient (Wildman–Crippen LogP) is 5.52. The molecule has 154 valence electrons. The van der Waals surface area contributed by atoms with Crippen molar-refractivity contribution in [2.45, 2.75) is 12.3 Å². The Labute approximate surface area is 195 Å². The Morgan fingerprint density at radius 1 is 1.17 bits per heavy atom. The molecular formula is C24H22ClIN2O2. The van der Waals surface area contributed by atoms with Crippen molar-refractivity contribution in [3.63, 3.8) is 0 Å². The van der Waals surface area contributed by atoms with E-state index in [-0.39, 0.29) is 17.6 Å². The third-order valence-electron chi connectivity index (χ3n) is 5.47. The summed E-state index contributed by atoms with van der Waals surface area (Å²) in [5, 5.41) is 13.6. The fourth-order valence-corrected chi connectivity index (χ4v) is 4.65. The van der Waals surface area contributed by atoms with Crippen molar-refractivity contribution >= 4 is 45.8 Å². The van der Waals surface area contributed by atoms with Gasteiger partial charge in [-0.3, -0.25) is 4.79 Å². The van der Waals surface area contributed by atoms with E-state index in [2.05, 4.69) is 45.9 Å². The minimum absolute atomic E-state index is 0.0743. The molecule has 2 N–H and O–H groups in total. The number of phenolic OH excluding ortho intramolecular Hbond substituents is 1. The molecule has 0 radical (unpaired) electrons. The highest BCUT2D eigenvalue weighted by molar-refractivity contribution is 14.1. The van der Waals surface area contributed by atoms with Gasteiger partial charge in [-0.05, 0) is 95.2 Å². The SMILES string of the molecule is CN1CCc2cc(Cl)c(O)cc2C(c2cccc(NC(=O)c3cccc(I)c3)c2)C1. The van der Waals surface area contributed by atoms with Crippen LogP contribution < -0.4 is 5.32 Å². The maximum Gasteiger partial charge on any atom is 0.255 e. The highest BCUT2D eigenvalue weighted by Gasteiger charge is 2.24. The number of anilines is 1. The van der Waals surface area contributed by atoms with Crippen LogP contribution in [-0.2, 0) is 6.42 Å². The van der Waals surface area contributed by atoms with Crippen molar-refractivity contribution in [3.05, 3.63) is 91.5 Å². The smallest absolute Gasteiger partial charge is 0.255 e. The molecule has 0 aliphatic carbocycles. The van der Waals surface area contributed by atoms with Crippen molar-refractivity contribution in [3.8, 4) is 5.75 Å². The molecule has 0 aromatic heterocycles. The van der Waals surface area contributed by atoms with E-state index >= 15 is 0 Å². The molecule has 30 heavy (non-hydrogen) atoms. The highest BCUT2D eigenvalue weighted by atomic mass is 127. The molecule has 1 heterocycles. The molecule has 1 amide bonds. The van der Waals surface area contributed by atoms with Crippen LogP contribution in [0.25, 0.3) is 0 Å². The summed E-state index contributed by atoms with van der Waals surface area (Å²) in [6, 6.07) is 19.1. The van der Waals surface area contributed by atoms with Crippen molar-refractivity contribution in [1.29, 1.82) is 0 Å². The van der Waals surface area contributed by atoms with Crippen LogP contribution in [0.2, 0.25) is 5.02 Å². The summed E-state index contributed by atoms with van der Waals surface area (Å²) >= 11 is 8.37. The first-order valence-electron chi connectivity index (χ1n) is 9.77. The molecule has 0 spiro atoms. The molecule has 0 bridgehead atoms. The van der Waals surface area contributed by atoms with Crippen LogP contribution >= 0.6 is 34.2 Å². The van der Waals surface area contributed by atoms with Crippen molar-refractivity contribution in [1.82, 2.24) is 4.90 Å². The Morgan fingerprint density at radius 2 is 1.97 bits per heavy atom. The zero-order chi connectivity index (χ0) is 21.3. The normalized spacial score (nSPS) is 16.6. The third kappa shape index (κ3) is 4.63. The number of rotatable bonds is 3. The topological polar surface area (TPSA) is 52.6 Å². The first kappa shape index (κ1) is 21.2. The molecule has 6 heteroatoms. The molecule has 1 unspecified atom stereocenters. The summed E-state index contributed by atoms with van der Waals surface area (Å²) in [7, 11) is 2.10. The summed E-state index contributed by atoms with van der Waals surface area (Å²) in [5.74, 6) is 0.0479. The second kappa shape index (κ2) is 8.96. The lowest BCUT2D eigenvalue weighted by atomic mass is 9.87. The standard InChI is InChI=1S/C24H22ClIN2O2/c1-28-9-8-16-12-22(25)23(29)13-20(16)21(14-28)15-4-3-7-19(11-15)27-24(30)17-5-2-6-18(26)10-17/h2-7,10-13,21,29H,8-9,14H2,1H3,(H,27,30). The van der Waals surface area contributed by atoms with Gasteiger partial charge in [0.25, 0.3) is 5.91 Å². The lowest BCUT2D eigenvalue weighted by Crippen LogP contribution is -2.24. The molecule has 3 aromatic rings. The van der Waals surface area contributed by atoms with E-state index in [1.165, 1.54) is 0 Å². The molecule has 4 nitrogen and oxygen atoms in total.